The van der Waals surface area contributed by atoms with Crippen LogP contribution in [0.1, 0.15) is 20.8 Å². The lowest BCUT2D eigenvalue weighted by molar-refractivity contribution is -0.117. The third-order valence-electron chi connectivity index (χ3n) is 5.51. The van der Waals surface area contributed by atoms with Crippen LogP contribution in [0.25, 0.3) is 16.9 Å². The first-order valence-electron chi connectivity index (χ1n) is 11.8. The highest BCUT2D eigenvalue weighted by molar-refractivity contribution is 5.97. The number of rotatable bonds is 8. The predicted molar refractivity (Wildman–Crippen MR) is 140 cm³/mol. The number of allylic oxidation sites excluding steroid dienone is 1. The number of fused-ring (bicyclic) bond motifs is 1. The lowest BCUT2D eigenvalue weighted by Crippen LogP contribution is -2.39. The van der Waals surface area contributed by atoms with E-state index in [2.05, 4.69) is 15.3 Å². The number of anilines is 1. The SMILES string of the molecule is CC(C)C=C(C#N)C(=O)NC(C)Cn1c(=O)n(-c2ccc(Oc3ccccc3)cc2)c2c(N)ncnc21. The van der Waals surface area contributed by atoms with Crippen molar-refractivity contribution in [3.05, 3.63) is 83.1 Å². The van der Waals surface area contributed by atoms with Gasteiger partial charge < -0.3 is 15.8 Å². The summed E-state index contributed by atoms with van der Waals surface area (Å²) in [6, 6.07) is 17.8. The fraction of sp³-hybridized carbons (Fsp3) is 0.222. The predicted octanol–water partition coefficient (Wildman–Crippen LogP) is 3.57. The number of nitrogens with two attached hydrogens (primary N) is 1. The van der Waals surface area contributed by atoms with Crippen LogP contribution in [0, 0.1) is 17.2 Å². The molecule has 0 spiro atoms. The van der Waals surface area contributed by atoms with Gasteiger partial charge in [0.05, 0.1) is 5.69 Å². The molecule has 0 aliphatic carbocycles. The van der Waals surface area contributed by atoms with Crippen LogP contribution in [0.15, 0.2) is 77.4 Å². The number of benzene rings is 2. The molecule has 4 aromatic rings. The standard InChI is InChI=1S/C27H27N7O3/c1-17(2)13-19(14-28)26(35)32-18(3)15-33-25-23(24(29)30-16-31-25)34(27(33)36)20-9-11-22(12-10-20)37-21-7-5-4-6-8-21/h4-13,16-18H,15H2,1-3H3,(H,32,35)(H2,29,30,31). The molecule has 0 saturated heterocycles. The van der Waals surface area contributed by atoms with Crippen LogP contribution in [0.4, 0.5) is 5.82 Å². The van der Waals surface area contributed by atoms with Crippen LogP contribution in [-0.2, 0) is 11.3 Å². The average molecular weight is 498 g/mol. The molecule has 2 aromatic carbocycles. The van der Waals surface area contributed by atoms with Gasteiger partial charge in [0.25, 0.3) is 5.91 Å². The van der Waals surface area contributed by atoms with Gasteiger partial charge in [0.1, 0.15) is 35.0 Å². The van der Waals surface area contributed by atoms with Gasteiger partial charge in [0.2, 0.25) is 0 Å². The largest absolute Gasteiger partial charge is 0.457 e. The van der Waals surface area contributed by atoms with Gasteiger partial charge in [-0.15, -0.1) is 0 Å². The molecule has 10 nitrogen and oxygen atoms in total. The van der Waals surface area contributed by atoms with E-state index in [0.29, 0.717) is 28.4 Å². The minimum absolute atomic E-state index is 0.0287. The van der Waals surface area contributed by atoms with Gasteiger partial charge in [0, 0.05) is 12.6 Å². The van der Waals surface area contributed by atoms with Crippen LogP contribution in [0.2, 0.25) is 0 Å². The number of nitrogen functional groups attached to an aromatic ring is 1. The Morgan fingerprint density at radius 1 is 1.11 bits per heavy atom. The van der Waals surface area contributed by atoms with E-state index in [1.54, 1.807) is 37.3 Å². The van der Waals surface area contributed by atoms with E-state index in [0.717, 1.165) is 0 Å². The number of carbonyl (C=O) groups excluding carboxylic acids is 1. The van der Waals surface area contributed by atoms with Crippen molar-refractivity contribution in [3.8, 4) is 23.3 Å². The number of nitriles is 1. The van der Waals surface area contributed by atoms with Crippen LogP contribution in [0.3, 0.4) is 0 Å². The zero-order chi connectivity index (χ0) is 26.5. The maximum absolute atomic E-state index is 13.6. The van der Waals surface area contributed by atoms with Gasteiger partial charge >= 0.3 is 5.69 Å². The number of hydrogen-bond acceptors (Lipinski definition) is 7. The summed E-state index contributed by atoms with van der Waals surface area (Å²) in [5.74, 6) is 0.994. The Morgan fingerprint density at radius 3 is 2.43 bits per heavy atom. The number of ether oxygens (including phenoxy) is 1. The van der Waals surface area contributed by atoms with Crippen molar-refractivity contribution in [2.45, 2.75) is 33.4 Å². The Bertz CT molecular complexity index is 1550. The van der Waals surface area contributed by atoms with E-state index < -0.39 is 17.6 Å². The van der Waals surface area contributed by atoms with Crippen molar-refractivity contribution in [1.29, 1.82) is 5.26 Å². The zero-order valence-electron chi connectivity index (χ0n) is 20.8. The number of amides is 1. The van der Waals surface area contributed by atoms with Crippen molar-refractivity contribution in [2.24, 2.45) is 5.92 Å². The van der Waals surface area contributed by atoms with Gasteiger partial charge in [-0.05, 0) is 49.2 Å². The number of hydrogen-bond donors (Lipinski definition) is 2. The van der Waals surface area contributed by atoms with E-state index in [4.69, 9.17) is 10.5 Å². The minimum atomic E-state index is -0.497. The second-order valence-electron chi connectivity index (χ2n) is 8.88. The Hall–Kier alpha value is -4.91. The number of carbonyl (C=O) groups is 1. The summed E-state index contributed by atoms with van der Waals surface area (Å²) in [5.41, 5.74) is 7.05. The van der Waals surface area contributed by atoms with Gasteiger partial charge in [-0.2, -0.15) is 5.26 Å². The van der Waals surface area contributed by atoms with E-state index in [-0.39, 0.29) is 23.9 Å². The molecule has 1 atom stereocenters. The van der Waals surface area contributed by atoms with Crippen molar-refractivity contribution in [3.63, 3.8) is 0 Å². The molecule has 4 rings (SSSR count). The number of aromatic nitrogens is 4. The maximum atomic E-state index is 13.6. The molecule has 0 aliphatic heterocycles. The van der Waals surface area contributed by atoms with Crippen LogP contribution >= 0.6 is 0 Å². The summed E-state index contributed by atoms with van der Waals surface area (Å²) >= 11 is 0. The third-order valence-corrected chi connectivity index (χ3v) is 5.51. The quantitative estimate of drug-likeness (QED) is 0.280. The highest BCUT2D eigenvalue weighted by Gasteiger charge is 2.21. The number of nitrogens with zero attached hydrogens (tertiary/aromatic N) is 5. The molecule has 1 unspecified atom stereocenters. The summed E-state index contributed by atoms with van der Waals surface area (Å²) in [5, 5.41) is 12.1. The average Bonchev–Trinajstić information content (AvgIpc) is 3.15. The third kappa shape index (κ3) is 5.51. The Kier molecular flexibility index (Phi) is 7.34. The van der Waals surface area contributed by atoms with Crippen molar-refractivity contribution >= 4 is 22.9 Å². The molecule has 0 aliphatic rings. The molecular formula is C27H27N7O3. The highest BCUT2D eigenvalue weighted by atomic mass is 16.5. The summed E-state index contributed by atoms with van der Waals surface area (Å²) in [4.78, 5) is 34.5. The van der Waals surface area contributed by atoms with Crippen LogP contribution < -0.4 is 21.5 Å². The van der Waals surface area contributed by atoms with Crippen molar-refractivity contribution < 1.29 is 9.53 Å². The highest BCUT2D eigenvalue weighted by Crippen LogP contribution is 2.25. The normalized spacial score (nSPS) is 12.4. The smallest absolute Gasteiger partial charge is 0.335 e. The molecule has 3 N–H and O–H groups in total. The summed E-state index contributed by atoms with van der Waals surface area (Å²) in [7, 11) is 0. The van der Waals surface area contributed by atoms with Gasteiger partial charge in [-0.3, -0.25) is 13.9 Å². The summed E-state index contributed by atoms with van der Waals surface area (Å²) in [6.07, 6.45) is 2.89. The molecular weight excluding hydrogens is 470 g/mol. The van der Waals surface area contributed by atoms with E-state index >= 15 is 0 Å². The summed E-state index contributed by atoms with van der Waals surface area (Å²) in [6.45, 7) is 5.62. The van der Waals surface area contributed by atoms with Crippen molar-refractivity contribution in [2.75, 3.05) is 5.73 Å². The first-order chi connectivity index (χ1) is 17.8. The van der Waals surface area contributed by atoms with Gasteiger partial charge in [-0.1, -0.05) is 38.1 Å². The molecule has 188 valence electrons. The zero-order valence-corrected chi connectivity index (χ0v) is 20.8. The Labute approximate surface area is 213 Å². The first kappa shape index (κ1) is 25.2. The fourth-order valence-corrected chi connectivity index (χ4v) is 3.91. The molecule has 10 heteroatoms. The lowest BCUT2D eigenvalue weighted by atomic mass is 10.1. The number of nitrogens with one attached hydrogen (secondary N) is 1. The fourth-order valence-electron chi connectivity index (χ4n) is 3.91. The second kappa shape index (κ2) is 10.8. The molecule has 2 heterocycles. The number of imidazole rings is 1. The molecule has 0 fully saturated rings. The van der Waals surface area contributed by atoms with E-state index in [1.165, 1.54) is 15.5 Å². The first-order valence-corrected chi connectivity index (χ1v) is 11.8. The lowest BCUT2D eigenvalue weighted by Gasteiger charge is -2.14. The Morgan fingerprint density at radius 2 is 1.78 bits per heavy atom. The summed E-state index contributed by atoms with van der Waals surface area (Å²) < 4.78 is 8.72. The van der Waals surface area contributed by atoms with Gasteiger partial charge in [-0.25, -0.2) is 14.8 Å². The molecule has 2 aromatic heterocycles. The minimum Gasteiger partial charge on any atom is -0.457 e. The topological polar surface area (TPSA) is 141 Å². The molecule has 0 bridgehead atoms. The van der Waals surface area contributed by atoms with Crippen molar-refractivity contribution in [1.82, 2.24) is 24.4 Å². The van der Waals surface area contributed by atoms with Gasteiger partial charge in [0.15, 0.2) is 11.5 Å². The Balaban J connectivity index is 1.65. The van der Waals surface area contributed by atoms with E-state index in [9.17, 15) is 14.9 Å². The van der Waals surface area contributed by atoms with Crippen LogP contribution in [0.5, 0.6) is 11.5 Å². The van der Waals surface area contributed by atoms with E-state index in [1.807, 2.05) is 50.2 Å². The van der Waals surface area contributed by atoms with Crippen LogP contribution in [-0.4, -0.2) is 31.1 Å². The monoisotopic (exact) mass is 497 g/mol. The molecule has 0 saturated carbocycles. The maximum Gasteiger partial charge on any atom is 0.335 e. The molecule has 1 amide bonds. The number of para-hydroxylation sites is 1. The second-order valence-corrected chi connectivity index (χ2v) is 8.88. The molecule has 37 heavy (non-hydrogen) atoms. The molecule has 0 radical (unpaired) electrons.